The molecule has 0 atom stereocenters. The van der Waals surface area contributed by atoms with Crippen LogP contribution in [0.15, 0.2) is 59.1 Å². The average Bonchev–Trinajstić information content (AvgIpc) is 3.51. The Morgan fingerprint density at radius 3 is 2.46 bits per heavy atom. The zero-order valence-electron chi connectivity index (χ0n) is 19.7. The maximum atomic E-state index is 13.3. The Balaban J connectivity index is 1.35. The predicted molar refractivity (Wildman–Crippen MR) is 138 cm³/mol. The van der Waals surface area contributed by atoms with E-state index in [9.17, 15) is 18.8 Å². The van der Waals surface area contributed by atoms with Crippen molar-refractivity contribution >= 4 is 51.5 Å². The molecule has 10 nitrogen and oxygen atoms in total. The summed E-state index contributed by atoms with van der Waals surface area (Å²) in [6, 6.07) is 12.3. The molecule has 0 aliphatic rings. The quantitative estimate of drug-likeness (QED) is 0.172. The van der Waals surface area contributed by atoms with Gasteiger partial charge in [-0.05, 0) is 62.4 Å². The molecule has 37 heavy (non-hydrogen) atoms. The molecule has 2 N–H and O–H groups in total. The van der Waals surface area contributed by atoms with Crippen LogP contribution >= 0.6 is 23.1 Å². The highest BCUT2D eigenvalue weighted by molar-refractivity contribution is 8.01. The summed E-state index contributed by atoms with van der Waals surface area (Å²) in [5, 5.41) is 17.9. The standard InChI is InChI=1S/C24H21FN6O4S2/c1-3-35-19-12-31(18-10-6-16(25)7-11-18)30-21(19)22(34)27-23-28-29-24(37-23)36-13-20(33)26-17-8-4-15(5-9-17)14(2)32/h4-12H,3,13H2,1-2H3,(H,26,33)(H,27,28,34). The zero-order valence-corrected chi connectivity index (χ0v) is 21.4. The highest BCUT2D eigenvalue weighted by Gasteiger charge is 2.21. The molecule has 2 amide bonds. The molecule has 4 aromatic rings. The zero-order chi connectivity index (χ0) is 26.4. The molecule has 13 heteroatoms. The molecule has 0 spiro atoms. The van der Waals surface area contributed by atoms with E-state index in [2.05, 4.69) is 25.9 Å². The molecular formula is C24H21FN6O4S2. The number of ether oxygens (including phenoxy) is 1. The molecule has 0 aliphatic carbocycles. The summed E-state index contributed by atoms with van der Waals surface area (Å²) in [5.41, 5.74) is 1.73. The lowest BCUT2D eigenvalue weighted by Gasteiger charge is -2.04. The third-order valence-electron chi connectivity index (χ3n) is 4.82. The topological polar surface area (TPSA) is 128 Å². The lowest BCUT2D eigenvalue weighted by atomic mass is 10.1. The van der Waals surface area contributed by atoms with Gasteiger partial charge in [0.05, 0.1) is 24.2 Å². The number of hydrogen-bond acceptors (Lipinski definition) is 9. The number of benzene rings is 2. The molecule has 0 radical (unpaired) electrons. The normalized spacial score (nSPS) is 10.7. The minimum Gasteiger partial charge on any atom is -0.490 e. The fraction of sp³-hybridized carbons (Fsp3) is 0.167. The number of ketones is 1. The summed E-state index contributed by atoms with van der Waals surface area (Å²) in [7, 11) is 0. The van der Waals surface area contributed by atoms with Crippen molar-refractivity contribution in [3.63, 3.8) is 0 Å². The van der Waals surface area contributed by atoms with Crippen molar-refractivity contribution in [3.05, 3.63) is 71.8 Å². The molecule has 0 aliphatic heterocycles. The second kappa shape index (κ2) is 11.8. The van der Waals surface area contributed by atoms with Crippen LogP contribution in [-0.2, 0) is 4.79 Å². The summed E-state index contributed by atoms with van der Waals surface area (Å²) in [5.74, 6) is -0.907. The van der Waals surface area contributed by atoms with E-state index in [-0.39, 0.29) is 39.8 Å². The number of halogens is 1. The van der Waals surface area contributed by atoms with Gasteiger partial charge < -0.3 is 10.1 Å². The Hall–Kier alpha value is -4.10. The van der Waals surface area contributed by atoms with Crippen molar-refractivity contribution in [1.82, 2.24) is 20.0 Å². The number of Topliss-reactive ketones (excluding diaryl/α,β-unsaturated/α-hetero) is 1. The first-order valence-electron chi connectivity index (χ1n) is 11.0. The lowest BCUT2D eigenvalue weighted by Crippen LogP contribution is -2.14. The fourth-order valence-electron chi connectivity index (χ4n) is 3.09. The van der Waals surface area contributed by atoms with Gasteiger partial charge in [-0.15, -0.1) is 10.2 Å². The molecule has 2 aromatic heterocycles. The van der Waals surface area contributed by atoms with Gasteiger partial charge >= 0.3 is 0 Å². The molecule has 0 unspecified atom stereocenters. The first kappa shape index (κ1) is 26.0. The highest BCUT2D eigenvalue weighted by Crippen LogP contribution is 2.27. The number of anilines is 2. The van der Waals surface area contributed by atoms with Crippen LogP contribution in [0.2, 0.25) is 0 Å². The smallest absolute Gasteiger partial charge is 0.281 e. The summed E-state index contributed by atoms with van der Waals surface area (Å²) in [6.45, 7) is 3.57. The second-order valence-electron chi connectivity index (χ2n) is 7.49. The van der Waals surface area contributed by atoms with E-state index in [0.717, 1.165) is 11.3 Å². The van der Waals surface area contributed by atoms with Gasteiger partial charge in [-0.2, -0.15) is 5.10 Å². The molecule has 0 saturated carbocycles. The monoisotopic (exact) mass is 540 g/mol. The number of thioether (sulfide) groups is 1. The van der Waals surface area contributed by atoms with Crippen LogP contribution in [0.1, 0.15) is 34.7 Å². The molecule has 0 fully saturated rings. The largest absolute Gasteiger partial charge is 0.490 e. The van der Waals surface area contributed by atoms with Crippen LogP contribution in [0.3, 0.4) is 0 Å². The van der Waals surface area contributed by atoms with Gasteiger partial charge in [0, 0.05) is 11.3 Å². The van der Waals surface area contributed by atoms with Gasteiger partial charge in [0.2, 0.25) is 11.0 Å². The Morgan fingerprint density at radius 2 is 1.78 bits per heavy atom. The van der Waals surface area contributed by atoms with E-state index >= 15 is 0 Å². The van der Waals surface area contributed by atoms with Crippen LogP contribution in [-0.4, -0.2) is 49.9 Å². The van der Waals surface area contributed by atoms with Crippen molar-refractivity contribution in [3.8, 4) is 11.4 Å². The highest BCUT2D eigenvalue weighted by atomic mass is 32.2. The lowest BCUT2D eigenvalue weighted by molar-refractivity contribution is -0.113. The van der Waals surface area contributed by atoms with Crippen molar-refractivity contribution in [2.75, 3.05) is 23.0 Å². The summed E-state index contributed by atoms with van der Waals surface area (Å²) >= 11 is 2.27. The average molecular weight is 541 g/mol. The van der Waals surface area contributed by atoms with E-state index in [1.54, 1.807) is 37.4 Å². The van der Waals surface area contributed by atoms with E-state index in [0.29, 0.717) is 27.9 Å². The maximum absolute atomic E-state index is 13.3. The molecule has 2 heterocycles. The summed E-state index contributed by atoms with van der Waals surface area (Å²) in [4.78, 5) is 36.5. The number of hydrogen-bond donors (Lipinski definition) is 2. The van der Waals surface area contributed by atoms with Gasteiger partial charge in [-0.3, -0.25) is 19.7 Å². The van der Waals surface area contributed by atoms with Gasteiger partial charge in [0.15, 0.2) is 21.6 Å². The van der Waals surface area contributed by atoms with Gasteiger partial charge in [0.1, 0.15) is 5.82 Å². The van der Waals surface area contributed by atoms with Crippen LogP contribution in [0, 0.1) is 5.82 Å². The van der Waals surface area contributed by atoms with E-state index in [1.165, 1.54) is 47.6 Å². The van der Waals surface area contributed by atoms with Gasteiger partial charge in [0.25, 0.3) is 5.91 Å². The number of aromatic nitrogens is 4. The van der Waals surface area contributed by atoms with Crippen LogP contribution in [0.5, 0.6) is 5.75 Å². The number of carbonyl (C=O) groups is 3. The van der Waals surface area contributed by atoms with Crippen LogP contribution in [0.25, 0.3) is 5.69 Å². The first-order valence-corrected chi connectivity index (χ1v) is 12.8. The van der Waals surface area contributed by atoms with Crippen molar-refractivity contribution in [2.24, 2.45) is 0 Å². The number of carbonyl (C=O) groups excluding carboxylic acids is 3. The Bertz CT molecular complexity index is 1420. The Morgan fingerprint density at radius 1 is 1.05 bits per heavy atom. The van der Waals surface area contributed by atoms with Gasteiger partial charge in [-0.25, -0.2) is 9.07 Å². The van der Waals surface area contributed by atoms with Crippen molar-refractivity contribution in [2.45, 2.75) is 18.2 Å². The van der Waals surface area contributed by atoms with Crippen LogP contribution in [0.4, 0.5) is 15.2 Å². The fourth-order valence-corrected chi connectivity index (χ4v) is 4.64. The first-order chi connectivity index (χ1) is 17.8. The number of rotatable bonds is 10. The molecule has 0 bridgehead atoms. The SMILES string of the molecule is CCOc1cn(-c2ccc(F)cc2)nc1C(=O)Nc1nnc(SCC(=O)Nc2ccc(C(C)=O)cc2)s1. The van der Waals surface area contributed by atoms with Crippen molar-refractivity contribution < 1.29 is 23.5 Å². The third-order valence-corrected chi connectivity index (χ3v) is 6.79. The molecule has 0 saturated heterocycles. The number of nitrogens with zero attached hydrogens (tertiary/aromatic N) is 4. The van der Waals surface area contributed by atoms with Gasteiger partial charge in [-0.1, -0.05) is 23.1 Å². The molecule has 4 rings (SSSR count). The summed E-state index contributed by atoms with van der Waals surface area (Å²) < 4.78 is 20.7. The number of amides is 2. The minimum absolute atomic E-state index is 0.0331. The minimum atomic E-state index is -0.552. The number of nitrogens with one attached hydrogen (secondary N) is 2. The second-order valence-corrected chi connectivity index (χ2v) is 9.69. The van der Waals surface area contributed by atoms with E-state index in [4.69, 9.17) is 4.74 Å². The maximum Gasteiger partial charge on any atom is 0.281 e. The molecule has 2 aromatic carbocycles. The summed E-state index contributed by atoms with van der Waals surface area (Å²) in [6.07, 6.45) is 1.54. The predicted octanol–water partition coefficient (Wildman–Crippen LogP) is 4.45. The Kier molecular flexibility index (Phi) is 8.25. The van der Waals surface area contributed by atoms with Crippen LogP contribution < -0.4 is 15.4 Å². The molecular weight excluding hydrogens is 519 g/mol. The van der Waals surface area contributed by atoms with E-state index in [1.807, 2.05) is 0 Å². The Labute approximate surface area is 219 Å². The molecule has 190 valence electrons. The third kappa shape index (κ3) is 6.77. The van der Waals surface area contributed by atoms with Crippen molar-refractivity contribution in [1.29, 1.82) is 0 Å². The van der Waals surface area contributed by atoms with E-state index < -0.39 is 5.91 Å².